The number of fused-ring (bicyclic) bond motifs is 5. The van der Waals surface area contributed by atoms with E-state index in [2.05, 4.69) is 26.8 Å². The maximum absolute atomic E-state index is 12.5. The molecule has 7 unspecified atom stereocenters. The molecule has 1 aromatic rings. The summed E-state index contributed by atoms with van der Waals surface area (Å²) in [6, 6.07) is 5.72. The van der Waals surface area contributed by atoms with E-state index >= 15 is 0 Å². The molecule has 3 fully saturated rings. The minimum atomic E-state index is -0.714. The van der Waals surface area contributed by atoms with Gasteiger partial charge in [-0.05, 0) is 110 Å². The first kappa shape index (κ1) is 29.4. The van der Waals surface area contributed by atoms with Crippen molar-refractivity contribution in [3.05, 3.63) is 41.1 Å². The molecule has 0 heterocycles. The van der Waals surface area contributed by atoms with Crippen molar-refractivity contribution in [3.63, 3.8) is 0 Å². The van der Waals surface area contributed by atoms with E-state index in [0.29, 0.717) is 5.41 Å². The van der Waals surface area contributed by atoms with Crippen molar-refractivity contribution in [2.24, 2.45) is 34.5 Å². The lowest BCUT2D eigenvalue weighted by molar-refractivity contribution is -0.0538. The summed E-state index contributed by atoms with van der Waals surface area (Å²) in [4.78, 5) is 12.5. The lowest BCUT2D eigenvalue weighted by Gasteiger charge is -2.58. The molecule has 1 N–H and O–H groups in total. The van der Waals surface area contributed by atoms with Gasteiger partial charge < -0.3 is 19.9 Å². The maximum atomic E-state index is 12.5. The molecule has 0 aromatic heterocycles. The van der Waals surface area contributed by atoms with Crippen LogP contribution in [0.15, 0.2) is 35.9 Å². The summed E-state index contributed by atoms with van der Waals surface area (Å²) in [6.07, 6.45) is 20.9. The van der Waals surface area contributed by atoms with Gasteiger partial charge in [0.25, 0.3) is 0 Å². The normalized spacial score (nSPS) is 34.7. The SMILES string of the molecule is CCCCCCCCC1CCC2C3CC=C4CC(OC(=O)Oc5ccc(N([O-])O)cc5)CCC4(C)C3CCC12C. The zero-order chi connectivity index (χ0) is 28.3. The first-order chi connectivity index (χ1) is 19.2. The van der Waals surface area contributed by atoms with Crippen molar-refractivity contribution >= 4 is 11.8 Å². The van der Waals surface area contributed by atoms with Gasteiger partial charge in [0, 0.05) is 6.42 Å². The fourth-order valence-electron chi connectivity index (χ4n) is 9.38. The number of nitrogens with zero attached hydrogens (tertiary/aromatic N) is 1. The number of ether oxygens (including phenoxy) is 2. The molecule has 0 spiro atoms. The second-order valence-corrected chi connectivity index (χ2v) is 13.7. The third-order valence-electron chi connectivity index (χ3n) is 11.7. The maximum Gasteiger partial charge on any atom is 0.514 e. The number of carbonyl (C=O) groups excluding carboxylic acids is 1. The molecule has 1 aromatic carbocycles. The zero-order valence-corrected chi connectivity index (χ0v) is 24.9. The van der Waals surface area contributed by atoms with E-state index in [1.54, 1.807) is 0 Å². The van der Waals surface area contributed by atoms with Crippen molar-refractivity contribution < 1.29 is 19.5 Å². The fourth-order valence-corrected chi connectivity index (χ4v) is 9.38. The summed E-state index contributed by atoms with van der Waals surface area (Å²) in [5.41, 5.74) is 2.31. The van der Waals surface area contributed by atoms with Crippen LogP contribution in [0.1, 0.15) is 117 Å². The summed E-state index contributed by atoms with van der Waals surface area (Å²) < 4.78 is 11.1. The second-order valence-electron chi connectivity index (χ2n) is 13.7. The number of carbonyl (C=O) groups is 1. The smallest absolute Gasteiger partial charge is 0.514 e. The second kappa shape index (κ2) is 12.4. The first-order valence-electron chi connectivity index (χ1n) is 16.1. The lowest BCUT2D eigenvalue weighted by atomic mass is 9.47. The molecule has 6 nitrogen and oxygen atoms in total. The van der Waals surface area contributed by atoms with E-state index in [1.165, 1.54) is 107 Å². The zero-order valence-electron chi connectivity index (χ0n) is 24.9. The Morgan fingerprint density at radius 1 is 1.00 bits per heavy atom. The summed E-state index contributed by atoms with van der Waals surface area (Å²) in [7, 11) is 0. The molecule has 5 rings (SSSR count). The summed E-state index contributed by atoms with van der Waals surface area (Å²) in [5.74, 6) is 3.61. The molecule has 0 bridgehead atoms. The third-order valence-corrected chi connectivity index (χ3v) is 11.7. The van der Waals surface area contributed by atoms with Crippen LogP contribution in [-0.2, 0) is 4.74 Å². The van der Waals surface area contributed by atoms with Crippen LogP contribution in [0.5, 0.6) is 5.75 Å². The molecule has 0 radical (unpaired) electrons. The molecule has 4 aliphatic carbocycles. The molecule has 40 heavy (non-hydrogen) atoms. The molecule has 0 saturated heterocycles. The first-order valence-corrected chi connectivity index (χ1v) is 16.1. The van der Waals surface area contributed by atoms with Crippen LogP contribution in [-0.4, -0.2) is 17.5 Å². The Morgan fingerprint density at radius 3 is 2.50 bits per heavy atom. The van der Waals surface area contributed by atoms with Crippen molar-refractivity contribution in [2.45, 2.75) is 123 Å². The molecular weight excluding hydrogens is 502 g/mol. The Kier molecular flexibility index (Phi) is 9.16. The highest BCUT2D eigenvalue weighted by Crippen LogP contribution is 2.66. The molecule has 0 aliphatic heterocycles. The molecule has 4 aliphatic rings. The quantitative estimate of drug-likeness (QED) is 0.102. The summed E-state index contributed by atoms with van der Waals surface area (Å²) >= 11 is 0. The highest BCUT2D eigenvalue weighted by atomic mass is 16.8. The van der Waals surface area contributed by atoms with E-state index in [9.17, 15) is 10.0 Å². The summed E-state index contributed by atoms with van der Waals surface area (Å²) in [5, 5.41) is 19.7. The van der Waals surface area contributed by atoms with Gasteiger partial charge in [-0.25, -0.2) is 4.79 Å². The fraction of sp³-hybridized carbons (Fsp3) is 0.735. The van der Waals surface area contributed by atoms with E-state index in [0.717, 1.165) is 42.9 Å². The van der Waals surface area contributed by atoms with E-state index < -0.39 is 6.16 Å². The van der Waals surface area contributed by atoms with Gasteiger partial charge in [-0.2, -0.15) is 0 Å². The van der Waals surface area contributed by atoms with Gasteiger partial charge in [0.2, 0.25) is 0 Å². The Hall–Kier alpha value is -2.05. The average molecular weight is 553 g/mol. The number of allylic oxidation sites excluding steroid dienone is 1. The highest BCUT2D eigenvalue weighted by Gasteiger charge is 2.58. The van der Waals surface area contributed by atoms with Gasteiger partial charge in [-0.3, -0.25) is 5.21 Å². The van der Waals surface area contributed by atoms with Crippen molar-refractivity contribution in [1.82, 2.24) is 0 Å². The predicted molar refractivity (Wildman–Crippen MR) is 158 cm³/mol. The van der Waals surface area contributed by atoms with Crippen LogP contribution in [0.3, 0.4) is 0 Å². The van der Waals surface area contributed by atoms with Gasteiger partial charge in [0.05, 0.1) is 5.69 Å². The lowest BCUT2D eigenvalue weighted by Crippen LogP contribution is -2.50. The Morgan fingerprint density at radius 2 is 1.75 bits per heavy atom. The third kappa shape index (κ3) is 5.94. The van der Waals surface area contributed by atoms with Crippen LogP contribution in [0.2, 0.25) is 0 Å². The standard InChI is InChI=1S/C34H50NO5/c1-4-5-6-7-8-9-10-24-12-18-30-29-17-11-25-23-28(19-21-34(25,3)31(29)20-22-33(24,30)2)40-32(36)39-27-15-13-26(14-16-27)35(37)38/h11,13-16,24,28-31,37H,4-10,12,17-23H2,1-3H3/q-1. The van der Waals surface area contributed by atoms with E-state index in [-0.39, 0.29) is 28.2 Å². The Balaban J connectivity index is 1.16. The summed E-state index contributed by atoms with van der Waals surface area (Å²) in [6.45, 7) is 7.44. The largest absolute Gasteiger partial charge is 0.733 e. The van der Waals surface area contributed by atoms with Crippen molar-refractivity contribution in [2.75, 3.05) is 5.23 Å². The monoisotopic (exact) mass is 552 g/mol. The van der Waals surface area contributed by atoms with Crippen molar-refractivity contribution in [1.29, 1.82) is 0 Å². The highest BCUT2D eigenvalue weighted by molar-refractivity contribution is 5.64. The van der Waals surface area contributed by atoms with Crippen LogP contribution in [0, 0.1) is 39.7 Å². The minimum absolute atomic E-state index is 0.0729. The van der Waals surface area contributed by atoms with Crippen LogP contribution in [0.25, 0.3) is 0 Å². The van der Waals surface area contributed by atoms with Crippen LogP contribution >= 0.6 is 0 Å². The number of rotatable bonds is 10. The number of unbranched alkanes of at least 4 members (excludes halogenated alkanes) is 5. The number of hydrogen-bond donors (Lipinski definition) is 1. The molecule has 3 saturated carbocycles. The van der Waals surface area contributed by atoms with Gasteiger partial charge in [-0.1, -0.05) is 70.9 Å². The Labute approximate surface area is 241 Å². The molecular formula is C34H50NO5-. The minimum Gasteiger partial charge on any atom is -0.733 e. The van der Waals surface area contributed by atoms with Crippen LogP contribution < -0.4 is 9.96 Å². The topological polar surface area (TPSA) is 82.1 Å². The van der Waals surface area contributed by atoms with E-state index in [4.69, 9.17) is 14.7 Å². The number of benzene rings is 1. The molecule has 7 atom stereocenters. The number of hydrogen-bond acceptors (Lipinski definition) is 6. The van der Waals surface area contributed by atoms with Gasteiger partial charge in [0.1, 0.15) is 11.9 Å². The van der Waals surface area contributed by atoms with Gasteiger partial charge >= 0.3 is 6.16 Å². The van der Waals surface area contributed by atoms with E-state index in [1.807, 2.05) is 0 Å². The predicted octanol–water partition coefficient (Wildman–Crippen LogP) is 9.59. The van der Waals surface area contributed by atoms with Gasteiger partial charge in [0.15, 0.2) is 0 Å². The van der Waals surface area contributed by atoms with Crippen molar-refractivity contribution in [3.8, 4) is 5.75 Å². The van der Waals surface area contributed by atoms with Crippen LogP contribution in [0.4, 0.5) is 10.5 Å². The van der Waals surface area contributed by atoms with Gasteiger partial charge in [-0.15, -0.1) is 0 Å². The molecule has 222 valence electrons. The number of anilines is 1. The Bertz CT molecular complexity index is 1040. The molecule has 0 amide bonds. The molecule has 6 heteroatoms. The average Bonchev–Trinajstić information content (AvgIpc) is 3.27.